The number of ether oxygens (including phenoxy) is 1. The molecule has 0 aliphatic carbocycles. The largest absolute Gasteiger partial charge is 0.379 e. The van der Waals surface area contributed by atoms with Gasteiger partial charge in [0, 0.05) is 38.8 Å². The van der Waals surface area contributed by atoms with Crippen LogP contribution in [0.2, 0.25) is 0 Å². The summed E-state index contributed by atoms with van der Waals surface area (Å²) >= 11 is 1.48. The van der Waals surface area contributed by atoms with Gasteiger partial charge in [0.25, 0.3) is 0 Å². The van der Waals surface area contributed by atoms with E-state index < -0.39 is 0 Å². The van der Waals surface area contributed by atoms with Crippen LogP contribution < -0.4 is 5.32 Å². The Bertz CT molecular complexity index is 495. The molecule has 1 fully saturated rings. The number of hydrogen-bond donors (Lipinski definition) is 1. The third kappa shape index (κ3) is 8.00. The molecule has 1 heterocycles. The minimum Gasteiger partial charge on any atom is -0.379 e. The molecule has 0 aromatic heterocycles. The second-order valence-electron chi connectivity index (χ2n) is 6.12. The van der Waals surface area contributed by atoms with Gasteiger partial charge in [-0.1, -0.05) is 20.8 Å². The van der Waals surface area contributed by atoms with E-state index in [1.165, 1.54) is 16.7 Å². The number of nitrogens with zero attached hydrogens (tertiary/aromatic N) is 1. The Morgan fingerprint density at radius 1 is 1.28 bits per heavy atom. The van der Waals surface area contributed by atoms with Crippen molar-refractivity contribution in [1.82, 2.24) is 10.2 Å². The van der Waals surface area contributed by atoms with Crippen molar-refractivity contribution in [3.8, 4) is 0 Å². The number of thioether (sulfide) groups is 1. The van der Waals surface area contributed by atoms with Crippen LogP contribution in [0.3, 0.4) is 0 Å². The number of carbonyl (C=O) groups is 4. The molecule has 1 rings (SSSR count). The Hall–Kier alpha value is -1.41. The highest BCUT2D eigenvalue weighted by Crippen LogP contribution is 2.28. The Morgan fingerprint density at radius 2 is 2.00 bits per heavy atom. The summed E-state index contributed by atoms with van der Waals surface area (Å²) in [5, 5.41) is 2.63. The molecule has 7 nitrogen and oxygen atoms in total. The van der Waals surface area contributed by atoms with E-state index in [0.29, 0.717) is 32.6 Å². The molecule has 25 heavy (non-hydrogen) atoms. The standard InChI is InChI=1S/C17H28N2O5S/c1-4-13(20)6-9-24-10-7-18-15(21)5-8-19-16(22)11-14(17(19)23)25-12(2)3/h12,14H,4-11H2,1-3H3,(H,18,21). The highest BCUT2D eigenvalue weighted by Gasteiger charge is 2.39. The van der Waals surface area contributed by atoms with Crippen LogP contribution in [0.15, 0.2) is 0 Å². The van der Waals surface area contributed by atoms with Crippen molar-refractivity contribution in [2.45, 2.75) is 57.0 Å². The third-order valence-corrected chi connectivity index (χ3v) is 4.93. The minimum atomic E-state index is -0.324. The van der Waals surface area contributed by atoms with Crippen molar-refractivity contribution in [2.24, 2.45) is 0 Å². The normalized spacial score (nSPS) is 17.4. The number of ketones is 1. The maximum absolute atomic E-state index is 12.2. The topological polar surface area (TPSA) is 92.8 Å². The van der Waals surface area contributed by atoms with Crippen molar-refractivity contribution in [3.05, 3.63) is 0 Å². The van der Waals surface area contributed by atoms with E-state index >= 15 is 0 Å². The van der Waals surface area contributed by atoms with Crippen LogP contribution in [0.5, 0.6) is 0 Å². The molecular formula is C17H28N2O5S. The molecule has 0 aromatic rings. The van der Waals surface area contributed by atoms with E-state index in [9.17, 15) is 19.2 Å². The molecule has 1 N–H and O–H groups in total. The second-order valence-corrected chi connectivity index (χ2v) is 7.90. The first-order valence-corrected chi connectivity index (χ1v) is 9.65. The van der Waals surface area contributed by atoms with Crippen molar-refractivity contribution >= 4 is 35.3 Å². The minimum absolute atomic E-state index is 0.0882. The number of imide groups is 1. The number of rotatable bonds is 12. The highest BCUT2D eigenvalue weighted by atomic mass is 32.2. The van der Waals surface area contributed by atoms with Crippen molar-refractivity contribution in [3.63, 3.8) is 0 Å². The van der Waals surface area contributed by atoms with Crippen LogP contribution in [0.1, 0.15) is 46.5 Å². The average Bonchev–Trinajstić information content (AvgIpc) is 2.81. The van der Waals surface area contributed by atoms with E-state index in [1.807, 2.05) is 20.8 Å². The predicted octanol–water partition coefficient (Wildman–Crippen LogP) is 1.15. The first-order valence-electron chi connectivity index (χ1n) is 8.71. The Kier molecular flexibility index (Phi) is 9.74. The Balaban J connectivity index is 2.18. The smallest absolute Gasteiger partial charge is 0.242 e. The quantitative estimate of drug-likeness (QED) is 0.408. The van der Waals surface area contributed by atoms with E-state index in [0.717, 1.165) is 0 Å². The van der Waals surface area contributed by atoms with Gasteiger partial charge >= 0.3 is 0 Å². The molecule has 3 amide bonds. The first kappa shape index (κ1) is 21.6. The molecule has 0 aromatic carbocycles. The zero-order valence-electron chi connectivity index (χ0n) is 15.2. The van der Waals surface area contributed by atoms with Gasteiger partial charge in [0.2, 0.25) is 17.7 Å². The zero-order valence-corrected chi connectivity index (χ0v) is 16.0. The molecule has 1 aliphatic rings. The van der Waals surface area contributed by atoms with Crippen LogP contribution in [0.4, 0.5) is 0 Å². The van der Waals surface area contributed by atoms with Crippen LogP contribution in [-0.4, -0.2) is 65.2 Å². The number of amides is 3. The van der Waals surface area contributed by atoms with E-state index in [2.05, 4.69) is 5.32 Å². The van der Waals surface area contributed by atoms with Crippen molar-refractivity contribution < 1.29 is 23.9 Å². The zero-order chi connectivity index (χ0) is 18.8. The maximum atomic E-state index is 12.2. The number of carbonyl (C=O) groups excluding carboxylic acids is 4. The molecule has 0 bridgehead atoms. The Morgan fingerprint density at radius 3 is 2.64 bits per heavy atom. The lowest BCUT2D eigenvalue weighted by molar-refractivity contribution is -0.138. The molecule has 1 unspecified atom stereocenters. The number of hydrogen-bond acceptors (Lipinski definition) is 6. The lowest BCUT2D eigenvalue weighted by atomic mass is 10.2. The van der Waals surface area contributed by atoms with E-state index in [1.54, 1.807) is 0 Å². The molecule has 0 saturated carbocycles. The van der Waals surface area contributed by atoms with E-state index in [-0.39, 0.29) is 53.4 Å². The summed E-state index contributed by atoms with van der Waals surface area (Å²) in [6.07, 6.45) is 1.20. The molecule has 142 valence electrons. The summed E-state index contributed by atoms with van der Waals surface area (Å²) in [6, 6.07) is 0. The summed E-state index contributed by atoms with van der Waals surface area (Å²) in [6.45, 7) is 6.92. The summed E-state index contributed by atoms with van der Waals surface area (Å²) in [7, 11) is 0. The van der Waals surface area contributed by atoms with Crippen LogP contribution in [-0.2, 0) is 23.9 Å². The summed E-state index contributed by atoms with van der Waals surface area (Å²) in [5.41, 5.74) is 0. The van der Waals surface area contributed by atoms with Gasteiger partial charge in [0.15, 0.2) is 0 Å². The molecule has 1 aliphatic heterocycles. The van der Waals surface area contributed by atoms with Crippen molar-refractivity contribution in [1.29, 1.82) is 0 Å². The Labute approximate surface area is 153 Å². The molecule has 8 heteroatoms. The van der Waals surface area contributed by atoms with Crippen molar-refractivity contribution in [2.75, 3.05) is 26.3 Å². The fourth-order valence-electron chi connectivity index (χ4n) is 2.35. The molecular weight excluding hydrogens is 344 g/mol. The van der Waals surface area contributed by atoms with Gasteiger partial charge in [-0.2, -0.15) is 0 Å². The average molecular weight is 372 g/mol. The maximum Gasteiger partial charge on any atom is 0.242 e. The number of likely N-dealkylation sites (tertiary alicyclic amines) is 1. The van der Waals surface area contributed by atoms with E-state index in [4.69, 9.17) is 4.74 Å². The lowest BCUT2D eigenvalue weighted by Crippen LogP contribution is -2.36. The van der Waals surface area contributed by atoms with Gasteiger partial charge in [0.05, 0.1) is 18.5 Å². The van der Waals surface area contributed by atoms with Crippen LogP contribution >= 0.6 is 11.8 Å². The fourth-order valence-corrected chi connectivity index (χ4v) is 3.49. The summed E-state index contributed by atoms with van der Waals surface area (Å²) in [4.78, 5) is 48.2. The number of nitrogens with one attached hydrogen (secondary N) is 1. The predicted molar refractivity (Wildman–Crippen MR) is 96.2 cm³/mol. The molecule has 1 atom stereocenters. The highest BCUT2D eigenvalue weighted by molar-refractivity contribution is 8.01. The number of Topliss-reactive ketones (excluding diaryl/α,β-unsaturated/α-hetero) is 1. The fraction of sp³-hybridized carbons (Fsp3) is 0.765. The SMILES string of the molecule is CCC(=O)CCOCCNC(=O)CCN1C(=O)CC(SC(C)C)C1=O. The first-order chi connectivity index (χ1) is 11.8. The second kappa shape index (κ2) is 11.3. The van der Waals surface area contributed by atoms with Gasteiger partial charge in [-0.05, 0) is 5.25 Å². The van der Waals surface area contributed by atoms with Crippen LogP contribution in [0.25, 0.3) is 0 Å². The van der Waals surface area contributed by atoms with Gasteiger partial charge in [-0.25, -0.2) is 0 Å². The third-order valence-electron chi connectivity index (χ3n) is 3.69. The van der Waals surface area contributed by atoms with Gasteiger partial charge in [-0.15, -0.1) is 11.8 Å². The van der Waals surface area contributed by atoms with Crippen LogP contribution in [0, 0.1) is 0 Å². The van der Waals surface area contributed by atoms with Gasteiger partial charge in [0.1, 0.15) is 5.78 Å². The lowest BCUT2D eigenvalue weighted by Gasteiger charge is -2.15. The summed E-state index contributed by atoms with van der Waals surface area (Å²) < 4.78 is 5.26. The van der Waals surface area contributed by atoms with Gasteiger partial charge < -0.3 is 10.1 Å². The summed E-state index contributed by atoms with van der Waals surface area (Å²) in [5.74, 6) is -0.480. The molecule has 0 radical (unpaired) electrons. The molecule has 1 saturated heterocycles. The monoisotopic (exact) mass is 372 g/mol. The van der Waals surface area contributed by atoms with Gasteiger partial charge in [-0.3, -0.25) is 24.1 Å². The molecule has 0 spiro atoms.